The summed E-state index contributed by atoms with van der Waals surface area (Å²) in [6.07, 6.45) is 2.01. The Bertz CT molecular complexity index is 983. The fourth-order valence-corrected chi connectivity index (χ4v) is 3.84. The van der Waals surface area contributed by atoms with Gasteiger partial charge in [-0.1, -0.05) is 30.3 Å². The van der Waals surface area contributed by atoms with Crippen molar-refractivity contribution in [1.29, 1.82) is 0 Å². The summed E-state index contributed by atoms with van der Waals surface area (Å²) >= 11 is 4.55. The molecular weight excluding hydrogens is 562 g/mol. The van der Waals surface area contributed by atoms with E-state index < -0.39 is 0 Å². The van der Waals surface area contributed by atoms with Crippen molar-refractivity contribution in [1.82, 2.24) is 0 Å². The number of benzene rings is 3. The van der Waals surface area contributed by atoms with Crippen molar-refractivity contribution in [2.45, 2.75) is 6.04 Å². The van der Waals surface area contributed by atoms with Crippen molar-refractivity contribution in [3.05, 3.63) is 103 Å². The number of rotatable bonds is 4. The van der Waals surface area contributed by atoms with E-state index in [-0.39, 0.29) is 11.9 Å². The maximum Gasteiger partial charge on any atom is 0.275 e. The number of hydrogen-bond acceptors (Lipinski definition) is 2. The molecule has 0 saturated heterocycles. The molecule has 1 aliphatic rings. The molecule has 4 rings (SSSR count). The van der Waals surface area contributed by atoms with Crippen LogP contribution in [0.3, 0.4) is 0 Å². The third-order valence-corrected chi connectivity index (χ3v) is 5.86. The van der Waals surface area contributed by atoms with Crippen molar-refractivity contribution in [2.24, 2.45) is 0 Å². The van der Waals surface area contributed by atoms with Gasteiger partial charge in [-0.2, -0.15) is 0 Å². The summed E-state index contributed by atoms with van der Waals surface area (Å²) in [6, 6.07) is 26.0. The molecule has 1 N–H and O–H groups in total. The quantitative estimate of drug-likeness (QED) is 0.387. The smallest absolute Gasteiger partial charge is 0.275 e. The highest BCUT2D eigenvalue weighted by Crippen LogP contribution is 2.36. The first-order valence-corrected chi connectivity index (χ1v) is 10.7. The molecule has 0 bridgehead atoms. The predicted molar refractivity (Wildman–Crippen MR) is 127 cm³/mol. The van der Waals surface area contributed by atoms with E-state index in [1.54, 1.807) is 0 Å². The summed E-state index contributed by atoms with van der Waals surface area (Å²) < 4.78 is 2.30. The van der Waals surface area contributed by atoms with Gasteiger partial charge in [-0.15, -0.1) is 0 Å². The Morgan fingerprint density at radius 1 is 0.778 bits per heavy atom. The normalized spacial score (nSPS) is 16.4. The molecule has 1 heterocycles. The Balaban J connectivity index is 1.71. The summed E-state index contributed by atoms with van der Waals surface area (Å²) in [5, 5.41) is 3.29. The highest BCUT2D eigenvalue weighted by molar-refractivity contribution is 14.1. The fourth-order valence-electron chi connectivity index (χ4n) is 3.12. The third kappa shape index (κ3) is 4.03. The Morgan fingerprint density at radius 3 is 2.00 bits per heavy atom. The lowest BCUT2D eigenvalue weighted by Gasteiger charge is -2.25. The minimum atomic E-state index is -0.134. The Kier molecular flexibility index (Phi) is 5.49. The number of hydrogen-bond donors (Lipinski definition) is 1. The molecule has 1 amide bonds. The fraction of sp³-hybridized carbons (Fsp3) is 0.0455. The van der Waals surface area contributed by atoms with E-state index in [4.69, 9.17) is 0 Å². The second kappa shape index (κ2) is 8.02. The van der Waals surface area contributed by atoms with Crippen molar-refractivity contribution in [2.75, 3.05) is 10.2 Å². The monoisotopic (exact) mass is 578 g/mol. The molecule has 0 spiro atoms. The van der Waals surface area contributed by atoms with Crippen LogP contribution < -0.4 is 10.2 Å². The standard InChI is InChI=1S/C22H16I2N2O/c23-16-6-10-18(11-7-16)25-20-14-21(15-4-2-1-3-5-15)26(22(20)27)19-12-8-17(24)9-13-19/h1-14,21,25H/t21-/m1/s1. The molecule has 0 aromatic heterocycles. The number of halogens is 2. The van der Waals surface area contributed by atoms with Gasteiger partial charge in [-0.3, -0.25) is 9.69 Å². The number of amides is 1. The second-order valence-electron chi connectivity index (χ2n) is 6.22. The molecule has 1 atom stereocenters. The van der Waals surface area contributed by atoms with Gasteiger partial charge in [0.15, 0.2) is 0 Å². The lowest BCUT2D eigenvalue weighted by atomic mass is 10.1. The van der Waals surface area contributed by atoms with Crippen molar-refractivity contribution < 1.29 is 4.79 Å². The highest BCUT2D eigenvalue weighted by Gasteiger charge is 2.34. The first kappa shape index (κ1) is 18.5. The molecular formula is C22H16I2N2O. The summed E-state index contributed by atoms with van der Waals surface area (Å²) in [6.45, 7) is 0. The number of nitrogens with one attached hydrogen (secondary N) is 1. The first-order valence-electron chi connectivity index (χ1n) is 8.50. The lowest BCUT2D eigenvalue weighted by Crippen LogP contribution is -2.30. The molecule has 3 aromatic carbocycles. The number of carbonyl (C=O) groups excluding carboxylic acids is 1. The minimum Gasteiger partial charge on any atom is -0.351 e. The van der Waals surface area contributed by atoms with Gasteiger partial charge in [0.1, 0.15) is 5.70 Å². The molecule has 0 unspecified atom stereocenters. The van der Waals surface area contributed by atoms with Gasteiger partial charge in [0.05, 0.1) is 6.04 Å². The van der Waals surface area contributed by atoms with Gasteiger partial charge >= 0.3 is 0 Å². The van der Waals surface area contributed by atoms with E-state index in [2.05, 4.69) is 62.6 Å². The molecule has 0 fully saturated rings. The Hall–Kier alpha value is -1.87. The Labute approximate surface area is 185 Å². The number of carbonyl (C=O) groups is 1. The maximum absolute atomic E-state index is 13.2. The van der Waals surface area contributed by atoms with Crippen LogP contribution >= 0.6 is 45.2 Å². The third-order valence-electron chi connectivity index (χ3n) is 4.42. The van der Waals surface area contributed by atoms with E-state index >= 15 is 0 Å². The van der Waals surface area contributed by atoms with Crippen LogP contribution in [0.1, 0.15) is 11.6 Å². The summed E-state index contributed by atoms with van der Waals surface area (Å²) in [7, 11) is 0. The summed E-state index contributed by atoms with van der Waals surface area (Å²) in [5.74, 6) is -0.0244. The molecule has 3 nitrogen and oxygen atoms in total. The molecule has 27 heavy (non-hydrogen) atoms. The molecule has 0 radical (unpaired) electrons. The van der Waals surface area contributed by atoms with Gasteiger partial charge in [0.25, 0.3) is 5.91 Å². The highest BCUT2D eigenvalue weighted by atomic mass is 127. The molecule has 5 heteroatoms. The molecule has 1 aliphatic heterocycles. The van der Waals surface area contributed by atoms with Crippen LogP contribution in [0.25, 0.3) is 0 Å². The van der Waals surface area contributed by atoms with E-state index in [0.29, 0.717) is 5.70 Å². The van der Waals surface area contributed by atoms with Gasteiger partial charge in [-0.05, 0) is 105 Å². The van der Waals surface area contributed by atoms with Crippen molar-refractivity contribution in [3.63, 3.8) is 0 Å². The first-order chi connectivity index (χ1) is 13.1. The topological polar surface area (TPSA) is 32.3 Å². The van der Waals surface area contributed by atoms with E-state index in [0.717, 1.165) is 24.1 Å². The van der Waals surface area contributed by atoms with E-state index in [9.17, 15) is 4.79 Å². The maximum atomic E-state index is 13.2. The van der Waals surface area contributed by atoms with E-state index in [1.165, 1.54) is 0 Å². The molecule has 0 saturated carbocycles. The average Bonchev–Trinajstić information content (AvgIpc) is 3.01. The van der Waals surface area contributed by atoms with Gasteiger partial charge in [0.2, 0.25) is 0 Å². The number of nitrogens with zero attached hydrogens (tertiary/aromatic N) is 1. The summed E-state index contributed by atoms with van der Waals surface area (Å²) in [4.78, 5) is 15.1. The molecule has 3 aromatic rings. The van der Waals surface area contributed by atoms with Crippen LogP contribution in [0.4, 0.5) is 11.4 Å². The number of anilines is 2. The minimum absolute atomic E-state index is 0.0244. The van der Waals surface area contributed by atoms with E-state index in [1.807, 2.05) is 77.7 Å². The zero-order chi connectivity index (χ0) is 18.8. The summed E-state index contributed by atoms with van der Waals surface area (Å²) in [5.41, 5.74) is 3.49. The van der Waals surface area contributed by atoms with Crippen molar-refractivity contribution >= 4 is 62.5 Å². The zero-order valence-corrected chi connectivity index (χ0v) is 18.6. The largest absolute Gasteiger partial charge is 0.351 e. The van der Waals surface area contributed by atoms with Gasteiger partial charge in [0, 0.05) is 18.5 Å². The van der Waals surface area contributed by atoms with Crippen LogP contribution in [-0.4, -0.2) is 5.91 Å². The lowest BCUT2D eigenvalue weighted by molar-refractivity contribution is -0.114. The van der Waals surface area contributed by atoms with Crippen molar-refractivity contribution in [3.8, 4) is 0 Å². The van der Waals surface area contributed by atoms with Crippen LogP contribution in [0.5, 0.6) is 0 Å². The predicted octanol–water partition coefficient (Wildman–Crippen LogP) is 5.98. The Morgan fingerprint density at radius 2 is 1.37 bits per heavy atom. The van der Waals surface area contributed by atoms with Crippen LogP contribution in [0.15, 0.2) is 90.6 Å². The van der Waals surface area contributed by atoms with Gasteiger partial charge in [-0.25, -0.2) is 0 Å². The average molecular weight is 578 g/mol. The second-order valence-corrected chi connectivity index (χ2v) is 8.71. The van der Waals surface area contributed by atoms with Gasteiger partial charge < -0.3 is 5.32 Å². The molecule has 134 valence electrons. The van der Waals surface area contributed by atoms with Crippen LogP contribution in [0, 0.1) is 7.14 Å². The molecule has 0 aliphatic carbocycles. The zero-order valence-electron chi connectivity index (χ0n) is 14.3. The SMILES string of the molecule is O=C1C(Nc2ccc(I)cc2)=C[C@H](c2ccccc2)N1c1ccc(I)cc1. The van der Waals surface area contributed by atoms with Crippen LogP contribution in [-0.2, 0) is 4.79 Å². The van der Waals surface area contributed by atoms with Crippen LogP contribution in [0.2, 0.25) is 0 Å².